The Morgan fingerprint density at radius 2 is 2.08 bits per heavy atom. The number of aliphatic imine (C=N–C) groups is 1. The molecule has 3 N–H and O–H groups in total. The van der Waals surface area contributed by atoms with Gasteiger partial charge in [-0.05, 0) is 50.9 Å². The first-order valence-corrected chi connectivity index (χ1v) is 11.4. The van der Waals surface area contributed by atoms with Crippen LogP contribution in [0.25, 0.3) is 0 Å². The normalized spacial score (nSPS) is 24.2. The van der Waals surface area contributed by atoms with Crippen LogP contribution in [0.3, 0.4) is 0 Å². The second kappa shape index (κ2) is 12.7. The summed E-state index contributed by atoms with van der Waals surface area (Å²) in [6, 6.07) is 0.355. The van der Waals surface area contributed by atoms with Crippen molar-refractivity contribution in [1.82, 2.24) is 10.6 Å². The molecule has 1 saturated carbocycles. The third-order valence-corrected chi connectivity index (χ3v) is 6.56. The lowest BCUT2D eigenvalue weighted by atomic mass is 9.94. The molecule has 25 heavy (non-hydrogen) atoms. The zero-order valence-corrected chi connectivity index (χ0v) is 17.4. The maximum atomic E-state index is 12.1. The zero-order valence-electron chi connectivity index (χ0n) is 16.6. The van der Waals surface area contributed by atoms with Crippen LogP contribution in [0.15, 0.2) is 4.99 Å². The van der Waals surface area contributed by atoms with E-state index in [0.29, 0.717) is 23.1 Å². The van der Waals surface area contributed by atoms with Gasteiger partial charge < -0.3 is 15.7 Å². The summed E-state index contributed by atoms with van der Waals surface area (Å²) in [5, 5.41) is 16.5. The Balaban J connectivity index is 2.63. The number of nitrogens with zero attached hydrogens (tertiary/aromatic N) is 1. The second-order valence-electron chi connectivity index (χ2n) is 7.53. The number of nitrogens with one attached hydrogen (secondary N) is 2. The van der Waals surface area contributed by atoms with Crippen molar-refractivity contribution in [3.63, 3.8) is 0 Å². The average Bonchev–Trinajstić information content (AvgIpc) is 2.59. The Kier molecular flexibility index (Phi) is 11.4. The van der Waals surface area contributed by atoms with Gasteiger partial charge in [0.15, 0.2) is 5.96 Å². The summed E-state index contributed by atoms with van der Waals surface area (Å²) >= 11 is 0. The van der Waals surface area contributed by atoms with Crippen LogP contribution in [0.1, 0.15) is 66.2 Å². The molecular weight excluding hydrogens is 334 g/mol. The maximum absolute atomic E-state index is 12.1. The van der Waals surface area contributed by atoms with E-state index in [1.807, 2.05) is 6.92 Å². The summed E-state index contributed by atoms with van der Waals surface area (Å²) < 4.78 is 12.1. The van der Waals surface area contributed by atoms with Gasteiger partial charge in [0, 0.05) is 47.5 Å². The molecule has 0 heterocycles. The van der Waals surface area contributed by atoms with Crippen molar-refractivity contribution >= 4 is 16.8 Å². The van der Waals surface area contributed by atoms with Crippen LogP contribution in [-0.2, 0) is 10.8 Å². The van der Waals surface area contributed by atoms with E-state index in [9.17, 15) is 9.32 Å². The van der Waals surface area contributed by atoms with Crippen LogP contribution in [0.4, 0.5) is 0 Å². The number of guanidine groups is 1. The van der Waals surface area contributed by atoms with Gasteiger partial charge in [-0.15, -0.1) is 0 Å². The van der Waals surface area contributed by atoms with Gasteiger partial charge in [0.05, 0.1) is 0 Å². The molecule has 0 aliphatic heterocycles. The van der Waals surface area contributed by atoms with Crippen LogP contribution in [0, 0.1) is 11.8 Å². The number of hydrogen-bond donors (Lipinski definition) is 3. The summed E-state index contributed by atoms with van der Waals surface area (Å²) in [4.78, 5) is 4.78. The number of hydrogen-bond acceptors (Lipinski definition) is 3. The topological polar surface area (TPSA) is 73.7 Å². The van der Waals surface area contributed by atoms with E-state index in [2.05, 4.69) is 31.4 Å². The fourth-order valence-corrected chi connectivity index (χ4v) is 4.97. The van der Waals surface area contributed by atoms with Gasteiger partial charge >= 0.3 is 0 Å². The Bertz CT molecular complexity index is 415. The van der Waals surface area contributed by atoms with Crippen LogP contribution in [0.2, 0.25) is 0 Å². The van der Waals surface area contributed by atoms with E-state index in [1.165, 1.54) is 0 Å². The molecule has 0 bridgehead atoms. The minimum absolute atomic E-state index is 0.226. The predicted octanol–water partition coefficient (Wildman–Crippen LogP) is 2.67. The highest BCUT2D eigenvalue weighted by atomic mass is 32.2. The highest BCUT2D eigenvalue weighted by Gasteiger charge is 2.26. The zero-order chi connectivity index (χ0) is 18.7. The third-order valence-electron chi connectivity index (χ3n) is 4.82. The van der Waals surface area contributed by atoms with E-state index >= 15 is 0 Å². The van der Waals surface area contributed by atoms with Gasteiger partial charge in [-0.2, -0.15) is 0 Å². The van der Waals surface area contributed by atoms with Crippen molar-refractivity contribution in [2.75, 3.05) is 25.4 Å². The fourth-order valence-electron chi connectivity index (χ4n) is 3.62. The lowest BCUT2D eigenvalue weighted by Crippen LogP contribution is -2.46. The van der Waals surface area contributed by atoms with Crippen LogP contribution >= 0.6 is 0 Å². The first-order chi connectivity index (χ1) is 12.0. The Morgan fingerprint density at radius 1 is 1.32 bits per heavy atom. The lowest BCUT2D eigenvalue weighted by molar-refractivity contribution is 0.245. The quantitative estimate of drug-likeness (QED) is 0.407. The first-order valence-electron chi connectivity index (χ1n) is 10.0. The largest absolute Gasteiger partial charge is 0.396 e. The van der Waals surface area contributed by atoms with Crippen LogP contribution in [0.5, 0.6) is 0 Å². The summed E-state index contributed by atoms with van der Waals surface area (Å²) in [5.41, 5.74) is 0. The maximum Gasteiger partial charge on any atom is 0.191 e. The monoisotopic (exact) mass is 373 g/mol. The molecule has 0 aromatic rings. The molecule has 0 radical (unpaired) electrons. The van der Waals surface area contributed by atoms with Gasteiger partial charge in [0.25, 0.3) is 0 Å². The highest BCUT2D eigenvalue weighted by Crippen LogP contribution is 2.23. The van der Waals surface area contributed by atoms with E-state index < -0.39 is 10.8 Å². The fraction of sp³-hybridized carbons (Fsp3) is 0.947. The van der Waals surface area contributed by atoms with E-state index in [4.69, 9.17) is 4.99 Å². The van der Waals surface area contributed by atoms with Crippen molar-refractivity contribution < 1.29 is 9.32 Å². The minimum Gasteiger partial charge on any atom is -0.396 e. The van der Waals surface area contributed by atoms with Gasteiger partial charge in [0.2, 0.25) is 0 Å². The molecule has 1 aliphatic rings. The second-order valence-corrected chi connectivity index (χ2v) is 9.53. The Morgan fingerprint density at radius 3 is 2.68 bits per heavy atom. The summed E-state index contributed by atoms with van der Waals surface area (Å²) in [7, 11) is -0.701. The molecule has 148 valence electrons. The molecule has 0 aromatic carbocycles. The summed E-state index contributed by atoms with van der Waals surface area (Å²) in [6.45, 7) is 10.3. The van der Waals surface area contributed by atoms with Crippen LogP contribution in [-0.4, -0.2) is 52.0 Å². The molecule has 0 spiro atoms. The highest BCUT2D eigenvalue weighted by molar-refractivity contribution is 7.85. The van der Waals surface area contributed by atoms with Gasteiger partial charge in [-0.25, -0.2) is 0 Å². The number of aliphatic hydroxyl groups excluding tert-OH is 1. The molecule has 4 unspecified atom stereocenters. The Labute approximate surface area is 156 Å². The third kappa shape index (κ3) is 9.04. The summed E-state index contributed by atoms with van der Waals surface area (Å²) in [6.07, 6.45) is 6.20. The van der Waals surface area contributed by atoms with E-state index in [-0.39, 0.29) is 6.61 Å². The average molecular weight is 374 g/mol. The molecule has 5 nitrogen and oxygen atoms in total. The van der Waals surface area contributed by atoms with Crippen molar-refractivity contribution in [3.8, 4) is 0 Å². The lowest BCUT2D eigenvalue weighted by Gasteiger charge is -2.30. The standard InChI is InChI=1S/C19H39N3O2S/c1-5-20-19(21-14-16(10-11-23)12-15(3)4)22-17-8-7-9-18(13-17)25(24)6-2/h15-18,23H,5-14H2,1-4H3,(H2,20,21,22). The smallest absolute Gasteiger partial charge is 0.191 e. The molecule has 4 atom stereocenters. The molecule has 1 aliphatic carbocycles. The molecule has 1 fully saturated rings. The molecule has 0 aromatic heterocycles. The minimum atomic E-state index is -0.701. The Hall–Kier alpha value is -0.620. The molecule has 6 heteroatoms. The van der Waals surface area contributed by atoms with Crippen molar-refractivity contribution in [3.05, 3.63) is 0 Å². The molecule has 0 amide bonds. The predicted molar refractivity (Wildman–Crippen MR) is 108 cm³/mol. The van der Waals surface area contributed by atoms with Gasteiger partial charge in [-0.1, -0.05) is 27.2 Å². The van der Waals surface area contributed by atoms with Gasteiger partial charge in [0.1, 0.15) is 0 Å². The number of aliphatic hydroxyl groups is 1. The van der Waals surface area contributed by atoms with E-state index in [1.54, 1.807) is 0 Å². The van der Waals surface area contributed by atoms with Crippen LogP contribution < -0.4 is 10.6 Å². The van der Waals surface area contributed by atoms with Gasteiger partial charge in [-0.3, -0.25) is 9.20 Å². The SMILES string of the molecule is CCNC(=NCC(CCO)CC(C)C)NC1CCCC(S(=O)CC)C1. The number of rotatable bonds is 10. The van der Waals surface area contributed by atoms with Crippen molar-refractivity contribution in [2.45, 2.75) is 77.5 Å². The van der Waals surface area contributed by atoms with Crippen molar-refractivity contribution in [2.24, 2.45) is 16.8 Å². The molecule has 1 rings (SSSR count). The first kappa shape index (κ1) is 22.4. The van der Waals surface area contributed by atoms with E-state index in [0.717, 1.165) is 63.3 Å². The molecular formula is C19H39N3O2S. The van der Waals surface area contributed by atoms with Crippen molar-refractivity contribution in [1.29, 1.82) is 0 Å². The summed E-state index contributed by atoms with van der Waals surface area (Å²) in [5.74, 6) is 2.66. The molecule has 0 saturated heterocycles.